The third kappa shape index (κ3) is 5.42. The zero-order chi connectivity index (χ0) is 39.6. The van der Waals surface area contributed by atoms with Crippen LogP contribution in [0.5, 0.6) is 0 Å². The van der Waals surface area contributed by atoms with E-state index in [-0.39, 0.29) is 5.92 Å². The van der Waals surface area contributed by atoms with Gasteiger partial charge >= 0.3 is 0 Å². The van der Waals surface area contributed by atoms with Crippen LogP contribution in [0.1, 0.15) is 22.6 Å². The lowest BCUT2D eigenvalue weighted by molar-refractivity contribution is 1.05. The lowest BCUT2D eigenvalue weighted by atomic mass is 9.82. The summed E-state index contributed by atoms with van der Waals surface area (Å²) in [5, 5.41) is 7.17. The minimum absolute atomic E-state index is 0.00676. The normalized spacial score (nSPS) is 13.6. The van der Waals surface area contributed by atoms with Crippen LogP contribution >= 0.6 is 0 Å². The second-order valence-corrected chi connectivity index (χ2v) is 15.5. The average Bonchev–Trinajstić information content (AvgIpc) is 3.90. The molecule has 1 unspecified atom stereocenters. The minimum Gasteiger partial charge on any atom is -0.277 e. The smallest absolute Gasteiger partial charge is 0.163 e. The molecule has 12 rings (SSSR count). The van der Waals surface area contributed by atoms with Crippen LogP contribution in [0, 0.1) is 0 Å². The van der Waals surface area contributed by atoms with E-state index in [1.165, 1.54) is 32.7 Å². The fourth-order valence-electron chi connectivity index (χ4n) is 9.37. The van der Waals surface area contributed by atoms with Gasteiger partial charge in [-0.3, -0.25) is 9.39 Å². The SMILES string of the molecule is c1ccc(-c2nc(-c3ccccc3)n3c(-c4ccc(-c5cccc(C6=Nc7c(c8ccccc8c8ccccc78)C6c6ccccc6)c5)cc4)c4ccccc4c3n2)cc1. The van der Waals surface area contributed by atoms with E-state index < -0.39 is 0 Å². The van der Waals surface area contributed by atoms with Crippen molar-refractivity contribution in [1.29, 1.82) is 0 Å². The van der Waals surface area contributed by atoms with Crippen LogP contribution in [-0.2, 0) is 0 Å². The molecule has 0 N–H and O–H groups in total. The van der Waals surface area contributed by atoms with E-state index in [4.69, 9.17) is 15.0 Å². The van der Waals surface area contributed by atoms with Crippen LogP contribution in [0.3, 0.4) is 0 Å². The molecule has 0 saturated heterocycles. The van der Waals surface area contributed by atoms with Crippen molar-refractivity contribution in [3.63, 3.8) is 0 Å². The van der Waals surface area contributed by atoms with Gasteiger partial charge < -0.3 is 0 Å². The van der Waals surface area contributed by atoms with E-state index in [0.717, 1.165) is 72.7 Å². The maximum absolute atomic E-state index is 5.56. The number of hydrogen-bond acceptors (Lipinski definition) is 3. The van der Waals surface area contributed by atoms with Crippen LogP contribution in [0.2, 0.25) is 0 Å². The molecule has 0 saturated carbocycles. The highest BCUT2D eigenvalue weighted by atomic mass is 15.1. The van der Waals surface area contributed by atoms with E-state index in [2.05, 4.69) is 192 Å². The zero-order valence-electron chi connectivity index (χ0n) is 32.6. The fraction of sp³-hybridized carbons (Fsp3) is 0.0179. The first-order valence-electron chi connectivity index (χ1n) is 20.5. The quantitative estimate of drug-likeness (QED) is 0.158. The Balaban J connectivity index is 0.995. The van der Waals surface area contributed by atoms with Gasteiger partial charge in [0.2, 0.25) is 0 Å². The number of fused-ring (bicyclic) bond motifs is 9. The molecule has 60 heavy (non-hydrogen) atoms. The van der Waals surface area contributed by atoms with Crippen molar-refractivity contribution in [1.82, 2.24) is 14.4 Å². The van der Waals surface area contributed by atoms with Gasteiger partial charge in [0.15, 0.2) is 5.82 Å². The number of benzene rings is 9. The van der Waals surface area contributed by atoms with Gasteiger partial charge in [-0.05, 0) is 55.6 Å². The largest absolute Gasteiger partial charge is 0.277 e. The Bertz CT molecular complexity index is 3460. The van der Waals surface area contributed by atoms with Crippen LogP contribution in [0.15, 0.2) is 217 Å². The minimum atomic E-state index is -0.00676. The summed E-state index contributed by atoms with van der Waals surface area (Å²) in [6, 6.07) is 75.5. The Labute approximate surface area is 347 Å². The summed E-state index contributed by atoms with van der Waals surface area (Å²) in [5.74, 6) is 1.56. The highest BCUT2D eigenvalue weighted by Gasteiger charge is 2.33. The molecule has 1 atom stereocenters. The van der Waals surface area contributed by atoms with Gasteiger partial charge in [0.25, 0.3) is 0 Å². The molecule has 0 radical (unpaired) electrons. The Morgan fingerprint density at radius 2 is 0.900 bits per heavy atom. The topological polar surface area (TPSA) is 42.5 Å². The second-order valence-electron chi connectivity index (χ2n) is 15.5. The molecule has 9 aromatic carbocycles. The van der Waals surface area contributed by atoms with E-state index >= 15 is 0 Å². The van der Waals surface area contributed by atoms with E-state index in [0.29, 0.717) is 5.82 Å². The Kier molecular flexibility index (Phi) is 7.88. The van der Waals surface area contributed by atoms with Gasteiger partial charge in [0.05, 0.1) is 23.0 Å². The average molecular weight is 765 g/mol. The Hall–Kier alpha value is -7.95. The molecule has 0 amide bonds. The van der Waals surface area contributed by atoms with E-state index in [1.807, 2.05) is 24.3 Å². The van der Waals surface area contributed by atoms with Gasteiger partial charge in [0, 0.05) is 27.3 Å². The summed E-state index contributed by atoms with van der Waals surface area (Å²) in [6.07, 6.45) is 0. The highest BCUT2D eigenvalue weighted by Crippen LogP contribution is 2.50. The summed E-state index contributed by atoms with van der Waals surface area (Å²) in [4.78, 5) is 16.0. The van der Waals surface area contributed by atoms with E-state index in [9.17, 15) is 0 Å². The molecule has 0 bridgehead atoms. The molecular weight excluding hydrogens is 729 g/mol. The molecule has 0 spiro atoms. The lowest BCUT2D eigenvalue weighted by Crippen LogP contribution is -2.12. The van der Waals surface area contributed by atoms with Crippen molar-refractivity contribution in [2.45, 2.75) is 5.92 Å². The predicted molar refractivity (Wildman–Crippen MR) is 248 cm³/mol. The maximum Gasteiger partial charge on any atom is 0.163 e. The van der Waals surface area contributed by atoms with Gasteiger partial charge in [-0.25, -0.2) is 9.97 Å². The molecule has 2 aromatic heterocycles. The third-order valence-electron chi connectivity index (χ3n) is 12.1. The molecular formula is C56H36N4. The number of rotatable bonds is 6. The number of nitrogens with zero attached hydrogens (tertiary/aromatic N) is 4. The van der Waals surface area contributed by atoms with Crippen molar-refractivity contribution in [3.8, 4) is 45.2 Å². The maximum atomic E-state index is 5.56. The highest BCUT2D eigenvalue weighted by molar-refractivity contribution is 6.23. The first-order chi connectivity index (χ1) is 29.8. The van der Waals surface area contributed by atoms with Crippen molar-refractivity contribution >= 4 is 49.4 Å². The molecule has 280 valence electrons. The van der Waals surface area contributed by atoms with Crippen LogP contribution < -0.4 is 0 Å². The summed E-state index contributed by atoms with van der Waals surface area (Å²) < 4.78 is 2.25. The summed E-state index contributed by atoms with van der Waals surface area (Å²) >= 11 is 0. The zero-order valence-corrected chi connectivity index (χ0v) is 32.6. The van der Waals surface area contributed by atoms with Crippen molar-refractivity contribution < 1.29 is 0 Å². The summed E-state index contributed by atoms with van der Waals surface area (Å²) in [5.41, 5.74) is 13.1. The van der Waals surface area contributed by atoms with Gasteiger partial charge in [-0.2, -0.15) is 0 Å². The Morgan fingerprint density at radius 1 is 0.367 bits per heavy atom. The molecule has 4 nitrogen and oxygen atoms in total. The standard InChI is InChI=1S/C56H36N4/c1-4-17-37(18-5-1)49-50-45-27-12-10-25-43(45)44-26-11-13-28-46(44)52(50)57-51(49)42-24-16-23-41(35-42)36-31-33-38(34-32-36)53-47-29-14-15-30-48(47)56-59-54(39-19-6-2-7-20-39)58-55(60(53)56)40-21-8-3-9-22-40/h1-35,49H. The Morgan fingerprint density at radius 3 is 1.62 bits per heavy atom. The number of hydrogen-bond donors (Lipinski definition) is 0. The van der Waals surface area contributed by atoms with Crippen molar-refractivity contribution in [2.24, 2.45) is 4.99 Å². The molecule has 4 heteroatoms. The van der Waals surface area contributed by atoms with Crippen molar-refractivity contribution in [3.05, 3.63) is 229 Å². The number of aromatic nitrogens is 3. The molecule has 1 aliphatic rings. The van der Waals surface area contributed by atoms with Gasteiger partial charge in [0.1, 0.15) is 11.5 Å². The first-order valence-corrected chi connectivity index (χ1v) is 20.5. The monoisotopic (exact) mass is 764 g/mol. The molecule has 0 fully saturated rings. The molecule has 1 aliphatic heterocycles. The fourth-order valence-corrected chi connectivity index (χ4v) is 9.37. The van der Waals surface area contributed by atoms with Crippen LogP contribution in [0.25, 0.3) is 83.1 Å². The number of aliphatic imine (C=N–C) groups is 1. The second kappa shape index (κ2) is 13.9. The predicted octanol–water partition coefficient (Wildman–Crippen LogP) is 14.1. The van der Waals surface area contributed by atoms with Crippen LogP contribution in [0.4, 0.5) is 5.69 Å². The summed E-state index contributed by atoms with van der Waals surface area (Å²) in [7, 11) is 0. The first kappa shape index (κ1) is 34.1. The molecule has 0 aliphatic carbocycles. The lowest BCUT2D eigenvalue weighted by Gasteiger charge is -2.19. The molecule has 11 aromatic rings. The third-order valence-corrected chi connectivity index (χ3v) is 12.1. The van der Waals surface area contributed by atoms with Crippen molar-refractivity contribution in [2.75, 3.05) is 0 Å². The van der Waals surface area contributed by atoms with E-state index in [1.54, 1.807) is 0 Å². The van der Waals surface area contributed by atoms with Gasteiger partial charge in [-0.1, -0.05) is 206 Å². The summed E-state index contributed by atoms with van der Waals surface area (Å²) in [6.45, 7) is 0. The van der Waals surface area contributed by atoms with Crippen LogP contribution in [-0.4, -0.2) is 20.1 Å². The van der Waals surface area contributed by atoms with Gasteiger partial charge in [-0.15, -0.1) is 0 Å². The molecule has 3 heterocycles.